The van der Waals surface area contributed by atoms with Crippen LogP contribution in [0, 0.1) is 5.82 Å². The van der Waals surface area contributed by atoms with Gasteiger partial charge in [0.25, 0.3) is 0 Å². The lowest BCUT2D eigenvalue weighted by Crippen LogP contribution is -2.28. The zero-order valence-electron chi connectivity index (χ0n) is 12.5. The number of nitrogens with zero attached hydrogens (tertiary/aromatic N) is 3. The molecule has 1 fully saturated rings. The zero-order chi connectivity index (χ0) is 16.9. The van der Waals surface area contributed by atoms with Crippen LogP contribution in [0.3, 0.4) is 0 Å². The first-order chi connectivity index (χ1) is 11.4. The molecule has 126 valence electrons. The van der Waals surface area contributed by atoms with E-state index in [0.717, 1.165) is 30.2 Å². The van der Waals surface area contributed by atoms with E-state index in [1.807, 2.05) is 12.1 Å². The number of hydrogen-bond acceptors (Lipinski definition) is 5. The third-order valence-electron chi connectivity index (χ3n) is 4.18. The van der Waals surface area contributed by atoms with Crippen molar-refractivity contribution in [2.24, 2.45) is 0 Å². The summed E-state index contributed by atoms with van der Waals surface area (Å²) in [5.41, 5.74) is 2.49. The summed E-state index contributed by atoms with van der Waals surface area (Å²) in [7, 11) is -3.20. The predicted octanol–water partition coefficient (Wildman–Crippen LogP) is 2.82. The number of benzene rings is 1. The lowest BCUT2D eigenvalue weighted by atomic mass is 10.1. The average molecular weight is 369 g/mol. The molecule has 0 bridgehead atoms. The molecule has 24 heavy (non-hydrogen) atoms. The first-order valence-electron chi connectivity index (χ1n) is 7.49. The SMILES string of the molecule is O=S(=O)(C1CC1)N1Cc2ccc(Nc3nc(Cl)ncc3F)cc2C1. The first-order valence-corrected chi connectivity index (χ1v) is 9.37. The molecule has 4 rings (SSSR count). The van der Waals surface area contributed by atoms with Crippen LogP contribution in [0.15, 0.2) is 24.4 Å². The summed E-state index contributed by atoms with van der Waals surface area (Å²) in [6.07, 6.45) is 2.49. The molecule has 1 saturated carbocycles. The molecule has 1 aromatic carbocycles. The van der Waals surface area contributed by atoms with Crippen molar-refractivity contribution in [2.45, 2.75) is 31.2 Å². The minimum Gasteiger partial charge on any atom is -0.338 e. The number of rotatable bonds is 4. The Morgan fingerprint density at radius 1 is 1.25 bits per heavy atom. The largest absolute Gasteiger partial charge is 0.338 e. The molecule has 2 aliphatic rings. The van der Waals surface area contributed by atoms with Gasteiger partial charge in [0.2, 0.25) is 15.3 Å². The highest BCUT2D eigenvalue weighted by atomic mass is 35.5. The summed E-state index contributed by atoms with van der Waals surface area (Å²) < 4.78 is 39.9. The van der Waals surface area contributed by atoms with Crippen molar-refractivity contribution in [2.75, 3.05) is 5.32 Å². The Morgan fingerprint density at radius 3 is 2.75 bits per heavy atom. The van der Waals surface area contributed by atoms with Gasteiger partial charge >= 0.3 is 0 Å². The summed E-state index contributed by atoms with van der Waals surface area (Å²) in [6.45, 7) is 0.735. The van der Waals surface area contributed by atoms with Gasteiger partial charge < -0.3 is 5.32 Å². The lowest BCUT2D eigenvalue weighted by molar-refractivity contribution is 0.430. The number of nitrogens with one attached hydrogen (secondary N) is 1. The molecule has 9 heteroatoms. The van der Waals surface area contributed by atoms with Crippen molar-refractivity contribution in [3.05, 3.63) is 46.6 Å². The quantitative estimate of drug-likeness (QED) is 0.840. The Morgan fingerprint density at radius 2 is 2.00 bits per heavy atom. The molecule has 0 spiro atoms. The van der Waals surface area contributed by atoms with E-state index in [-0.39, 0.29) is 16.4 Å². The number of sulfonamides is 1. The predicted molar refractivity (Wildman–Crippen MR) is 87.9 cm³/mol. The molecule has 0 atom stereocenters. The third-order valence-corrected chi connectivity index (χ3v) is 6.66. The van der Waals surface area contributed by atoms with Crippen LogP contribution in [0.2, 0.25) is 5.28 Å². The van der Waals surface area contributed by atoms with Crippen LogP contribution in [-0.2, 0) is 23.1 Å². The van der Waals surface area contributed by atoms with E-state index in [1.165, 1.54) is 4.31 Å². The smallest absolute Gasteiger partial charge is 0.224 e. The molecule has 0 unspecified atom stereocenters. The molecule has 1 aliphatic carbocycles. The summed E-state index contributed by atoms with van der Waals surface area (Å²) in [5, 5.41) is 2.58. The molecular weight excluding hydrogens is 355 g/mol. The standard InChI is InChI=1S/C15H14ClFN4O2S/c16-15-18-6-13(17)14(20-15)19-11-2-1-9-7-21(8-10(9)5-11)24(22,23)12-3-4-12/h1-2,5-6,12H,3-4,7-8H2,(H,18,19,20). The number of halogens is 2. The molecule has 0 saturated heterocycles. The number of aromatic nitrogens is 2. The Labute approximate surface area is 143 Å². The van der Waals surface area contributed by atoms with E-state index in [9.17, 15) is 12.8 Å². The number of fused-ring (bicyclic) bond motifs is 1. The molecule has 2 heterocycles. The van der Waals surface area contributed by atoms with Gasteiger partial charge in [0.15, 0.2) is 11.6 Å². The van der Waals surface area contributed by atoms with E-state index in [0.29, 0.717) is 18.8 Å². The van der Waals surface area contributed by atoms with Gasteiger partial charge in [-0.1, -0.05) is 6.07 Å². The van der Waals surface area contributed by atoms with Crippen molar-refractivity contribution in [1.82, 2.24) is 14.3 Å². The maximum Gasteiger partial charge on any atom is 0.224 e. The van der Waals surface area contributed by atoms with Gasteiger partial charge in [-0.25, -0.2) is 17.8 Å². The van der Waals surface area contributed by atoms with E-state index >= 15 is 0 Å². The summed E-state index contributed by atoms with van der Waals surface area (Å²) in [6, 6.07) is 5.43. The molecule has 1 aromatic heterocycles. The van der Waals surface area contributed by atoms with Gasteiger partial charge in [0.05, 0.1) is 11.4 Å². The zero-order valence-corrected chi connectivity index (χ0v) is 14.1. The van der Waals surface area contributed by atoms with Crippen LogP contribution >= 0.6 is 11.6 Å². The van der Waals surface area contributed by atoms with Gasteiger partial charge in [0.1, 0.15) is 0 Å². The second kappa shape index (κ2) is 5.65. The maximum absolute atomic E-state index is 13.7. The minimum absolute atomic E-state index is 0.0181. The highest BCUT2D eigenvalue weighted by molar-refractivity contribution is 7.90. The Hall–Kier alpha value is -1.77. The van der Waals surface area contributed by atoms with Crippen molar-refractivity contribution < 1.29 is 12.8 Å². The van der Waals surface area contributed by atoms with Crippen molar-refractivity contribution >= 4 is 33.1 Å². The van der Waals surface area contributed by atoms with E-state index < -0.39 is 15.8 Å². The van der Waals surface area contributed by atoms with E-state index in [4.69, 9.17) is 11.6 Å². The second-order valence-electron chi connectivity index (χ2n) is 5.96. The van der Waals surface area contributed by atoms with Crippen LogP contribution in [-0.4, -0.2) is 27.9 Å². The topological polar surface area (TPSA) is 75.2 Å². The minimum atomic E-state index is -3.20. The van der Waals surface area contributed by atoms with Gasteiger partial charge in [-0.15, -0.1) is 0 Å². The normalized spacial score (nSPS) is 17.8. The number of anilines is 2. The summed E-state index contributed by atoms with van der Waals surface area (Å²) in [5.74, 6) is -0.631. The van der Waals surface area contributed by atoms with Gasteiger partial charge in [0, 0.05) is 18.8 Å². The molecule has 1 aliphatic heterocycles. The molecular formula is C15H14ClFN4O2S. The van der Waals surface area contributed by atoms with Gasteiger partial charge in [-0.2, -0.15) is 9.29 Å². The maximum atomic E-state index is 13.7. The number of hydrogen-bond donors (Lipinski definition) is 1. The lowest BCUT2D eigenvalue weighted by Gasteiger charge is -2.14. The van der Waals surface area contributed by atoms with E-state index in [1.54, 1.807) is 6.07 Å². The highest BCUT2D eigenvalue weighted by Crippen LogP contribution is 2.36. The van der Waals surface area contributed by atoms with Crippen LogP contribution in [0.25, 0.3) is 0 Å². The van der Waals surface area contributed by atoms with E-state index in [2.05, 4.69) is 15.3 Å². The van der Waals surface area contributed by atoms with Crippen LogP contribution in [0.1, 0.15) is 24.0 Å². The van der Waals surface area contributed by atoms with Crippen LogP contribution in [0.5, 0.6) is 0 Å². The van der Waals surface area contributed by atoms with Gasteiger partial charge in [-0.3, -0.25) is 0 Å². The fraction of sp³-hybridized carbons (Fsp3) is 0.333. The summed E-state index contributed by atoms with van der Waals surface area (Å²) >= 11 is 5.68. The molecule has 1 N–H and O–H groups in total. The molecule has 0 radical (unpaired) electrons. The Balaban J connectivity index is 1.57. The average Bonchev–Trinajstić information content (AvgIpc) is 3.31. The monoisotopic (exact) mass is 368 g/mol. The first kappa shape index (κ1) is 15.7. The fourth-order valence-corrected chi connectivity index (χ4v) is 4.69. The fourth-order valence-electron chi connectivity index (χ4n) is 2.77. The van der Waals surface area contributed by atoms with Crippen LogP contribution < -0.4 is 5.32 Å². The summed E-state index contributed by atoms with van der Waals surface area (Å²) in [4.78, 5) is 7.37. The Kier molecular flexibility index (Phi) is 3.70. The van der Waals surface area contributed by atoms with Crippen LogP contribution in [0.4, 0.5) is 15.9 Å². The second-order valence-corrected chi connectivity index (χ2v) is 8.51. The van der Waals surface area contributed by atoms with Crippen molar-refractivity contribution in [3.63, 3.8) is 0 Å². The van der Waals surface area contributed by atoms with Crippen molar-refractivity contribution in [3.8, 4) is 0 Å². The molecule has 6 nitrogen and oxygen atoms in total. The Bertz CT molecular complexity index is 918. The van der Waals surface area contributed by atoms with Crippen molar-refractivity contribution in [1.29, 1.82) is 0 Å². The van der Waals surface area contributed by atoms with Gasteiger partial charge in [-0.05, 0) is 47.7 Å². The molecule has 0 amide bonds. The highest BCUT2D eigenvalue weighted by Gasteiger charge is 2.41. The molecule has 2 aromatic rings. The third kappa shape index (κ3) is 2.85.